The molecule has 4 nitrogen and oxygen atoms in total. The molecule has 11 aromatic rings. The van der Waals surface area contributed by atoms with Gasteiger partial charge in [0.15, 0.2) is 0 Å². The molecule has 3 aromatic heterocycles. The average molecular weight is 769 g/mol. The van der Waals surface area contributed by atoms with Crippen LogP contribution in [0.25, 0.3) is 93.8 Å². The van der Waals surface area contributed by atoms with E-state index >= 15 is 0 Å². The van der Waals surface area contributed by atoms with Crippen molar-refractivity contribution < 1.29 is 0 Å². The molecule has 0 aliphatic carbocycles. The zero-order valence-electron chi connectivity index (χ0n) is 33.4. The lowest BCUT2D eigenvalue weighted by Gasteiger charge is -2.33. The quantitative estimate of drug-likeness (QED) is 0.164. The normalized spacial score (nSPS) is 11.8. The van der Waals surface area contributed by atoms with Crippen molar-refractivity contribution in [2.75, 3.05) is 4.90 Å². The molecule has 0 radical (unpaired) electrons. The van der Waals surface area contributed by atoms with Crippen LogP contribution in [0.2, 0.25) is 0 Å². The third kappa shape index (κ3) is 5.68. The number of para-hydroxylation sites is 2. The zero-order valence-corrected chi connectivity index (χ0v) is 33.4. The number of hydrogen-bond acceptors (Lipinski definition) is 3. The topological polar surface area (TPSA) is 34.0 Å². The highest BCUT2D eigenvalue weighted by molar-refractivity contribution is 6.20. The Balaban J connectivity index is 0.00000201. The van der Waals surface area contributed by atoms with Crippen LogP contribution in [0.3, 0.4) is 0 Å². The molecule has 4 heterocycles. The lowest BCUT2D eigenvalue weighted by atomic mass is 9.93. The van der Waals surface area contributed by atoms with Crippen LogP contribution in [0.15, 0.2) is 207 Å². The van der Waals surface area contributed by atoms with Gasteiger partial charge in [-0.3, -0.25) is 4.98 Å². The maximum Gasteiger partial charge on any atom is 0.0831 e. The van der Waals surface area contributed by atoms with Crippen LogP contribution in [-0.4, -0.2) is 14.5 Å². The Morgan fingerprint density at radius 3 is 1.77 bits per heavy atom. The molecule has 1 aliphatic rings. The van der Waals surface area contributed by atoms with Gasteiger partial charge in [-0.05, 0) is 94.0 Å². The molecule has 4 heteroatoms. The van der Waals surface area contributed by atoms with Crippen LogP contribution < -0.4 is 4.90 Å². The Kier molecular flexibility index (Phi) is 8.56. The molecule has 0 N–H and O–H groups in total. The van der Waals surface area contributed by atoms with Crippen molar-refractivity contribution in [3.63, 3.8) is 0 Å². The summed E-state index contributed by atoms with van der Waals surface area (Å²) in [5.74, 6) is 0. The van der Waals surface area contributed by atoms with E-state index in [4.69, 9.17) is 9.97 Å². The first kappa shape index (κ1) is 35.4. The minimum absolute atomic E-state index is 0.955. The fourth-order valence-corrected chi connectivity index (χ4v) is 9.07. The third-order valence-corrected chi connectivity index (χ3v) is 11.8. The molecular weight excluding hydrogens is 729 g/mol. The minimum atomic E-state index is 0.955. The van der Waals surface area contributed by atoms with Crippen LogP contribution in [0, 0.1) is 0 Å². The van der Waals surface area contributed by atoms with Crippen molar-refractivity contribution >= 4 is 60.5 Å². The summed E-state index contributed by atoms with van der Waals surface area (Å²) in [6.45, 7) is 4.00. The van der Waals surface area contributed by atoms with Gasteiger partial charge in [0.05, 0.1) is 39.8 Å². The maximum atomic E-state index is 5.41. The Bertz CT molecular complexity index is 3390. The fraction of sp³-hybridized carbons (Fsp3) is 0.0357. The molecule has 0 bridgehead atoms. The van der Waals surface area contributed by atoms with E-state index in [0.717, 1.165) is 66.8 Å². The second kappa shape index (κ2) is 14.5. The third-order valence-electron chi connectivity index (χ3n) is 11.8. The van der Waals surface area contributed by atoms with Crippen molar-refractivity contribution in [3.8, 4) is 50.3 Å². The first-order chi connectivity index (χ1) is 29.8. The Hall–Kier alpha value is -7.82. The number of pyridine rings is 2. The first-order valence-corrected chi connectivity index (χ1v) is 20.7. The lowest BCUT2D eigenvalue weighted by Crippen LogP contribution is -2.16. The van der Waals surface area contributed by atoms with Gasteiger partial charge in [-0.1, -0.05) is 147 Å². The lowest BCUT2D eigenvalue weighted by molar-refractivity contribution is 1.17. The smallest absolute Gasteiger partial charge is 0.0831 e. The standard InChI is InChI=1S/C54H34N4.C2H6/c1-4-13-35(14-5-1)37-17-12-18-38(29-37)40-23-27-48-45(30-40)47-33-55-34-52-53(47)54(56-48)44-21-10-11-22-49(44)58(52)42-25-26-43-46-31-39(36-15-6-2-7-16-36)24-28-50(46)57(51(43)32-42)41-19-8-3-9-20-41;1-2/h1-34H;1-2H3. The number of nitrogens with zero attached hydrogens (tertiary/aromatic N) is 4. The first-order valence-electron chi connectivity index (χ1n) is 20.7. The summed E-state index contributed by atoms with van der Waals surface area (Å²) in [6.07, 6.45) is 4.02. The molecule has 0 saturated carbocycles. The molecule has 284 valence electrons. The fourth-order valence-electron chi connectivity index (χ4n) is 9.07. The van der Waals surface area contributed by atoms with E-state index in [0.29, 0.717) is 0 Å². The number of rotatable bonds is 5. The molecule has 8 aromatic carbocycles. The Morgan fingerprint density at radius 1 is 0.383 bits per heavy atom. The van der Waals surface area contributed by atoms with Gasteiger partial charge >= 0.3 is 0 Å². The number of hydrogen-bond donors (Lipinski definition) is 0. The second-order valence-corrected chi connectivity index (χ2v) is 15.0. The average Bonchev–Trinajstić information content (AvgIpc) is 3.66. The summed E-state index contributed by atoms with van der Waals surface area (Å²) >= 11 is 0. The maximum absolute atomic E-state index is 5.41. The second-order valence-electron chi connectivity index (χ2n) is 15.0. The van der Waals surface area contributed by atoms with Gasteiger partial charge in [-0.15, -0.1) is 0 Å². The Labute approximate surface area is 349 Å². The molecule has 0 fully saturated rings. The van der Waals surface area contributed by atoms with Gasteiger partial charge in [0.25, 0.3) is 0 Å². The Morgan fingerprint density at radius 2 is 1.00 bits per heavy atom. The molecule has 0 saturated heterocycles. The molecule has 12 rings (SSSR count). The van der Waals surface area contributed by atoms with Crippen molar-refractivity contribution in [1.29, 1.82) is 0 Å². The van der Waals surface area contributed by atoms with Gasteiger partial charge in [-0.25, -0.2) is 4.98 Å². The van der Waals surface area contributed by atoms with Gasteiger partial charge in [0, 0.05) is 50.1 Å². The number of anilines is 3. The van der Waals surface area contributed by atoms with Gasteiger partial charge < -0.3 is 9.47 Å². The van der Waals surface area contributed by atoms with Gasteiger partial charge in [0.1, 0.15) is 0 Å². The molecule has 0 amide bonds. The van der Waals surface area contributed by atoms with E-state index in [2.05, 4.69) is 204 Å². The highest BCUT2D eigenvalue weighted by Gasteiger charge is 2.29. The van der Waals surface area contributed by atoms with E-state index in [1.165, 1.54) is 44.1 Å². The van der Waals surface area contributed by atoms with Crippen LogP contribution in [0.5, 0.6) is 0 Å². The number of fused-ring (bicyclic) bond motifs is 7. The molecule has 0 spiro atoms. The molecular formula is C56H40N4. The highest BCUT2D eigenvalue weighted by Crippen LogP contribution is 2.52. The number of benzene rings is 8. The molecule has 0 unspecified atom stereocenters. The van der Waals surface area contributed by atoms with Gasteiger partial charge in [-0.2, -0.15) is 0 Å². The molecule has 0 atom stereocenters. The van der Waals surface area contributed by atoms with Crippen molar-refractivity contribution in [1.82, 2.24) is 14.5 Å². The summed E-state index contributed by atoms with van der Waals surface area (Å²) in [5, 5.41) is 5.71. The SMILES string of the molecule is CC.c1ccc(-c2cccc(-c3ccc4nc5c6c(cncc6c4c3)N(c3ccc4c6cc(-c7ccccc7)ccc6n(-c6ccccc6)c4c3)c3ccccc3-5)c2)cc1. The van der Waals surface area contributed by atoms with Gasteiger partial charge in [0.2, 0.25) is 0 Å². The van der Waals surface area contributed by atoms with E-state index < -0.39 is 0 Å². The van der Waals surface area contributed by atoms with Crippen LogP contribution >= 0.6 is 0 Å². The predicted molar refractivity (Wildman–Crippen MR) is 253 cm³/mol. The largest absolute Gasteiger partial charge is 0.309 e. The summed E-state index contributed by atoms with van der Waals surface area (Å²) in [6, 6.07) is 69.7. The molecule has 60 heavy (non-hydrogen) atoms. The summed E-state index contributed by atoms with van der Waals surface area (Å²) in [5.41, 5.74) is 16.8. The van der Waals surface area contributed by atoms with E-state index in [1.807, 2.05) is 26.2 Å². The van der Waals surface area contributed by atoms with Crippen molar-refractivity contribution in [3.05, 3.63) is 207 Å². The summed E-state index contributed by atoms with van der Waals surface area (Å²) < 4.78 is 2.40. The van der Waals surface area contributed by atoms with Crippen LogP contribution in [0.1, 0.15) is 13.8 Å². The summed E-state index contributed by atoms with van der Waals surface area (Å²) in [7, 11) is 0. The van der Waals surface area contributed by atoms with Crippen molar-refractivity contribution in [2.45, 2.75) is 13.8 Å². The molecule has 1 aliphatic heterocycles. The van der Waals surface area contributed by atoms with Crippen LogP contribution in [0.4, 0.5) is 17.1 Å². The van der Waals surface area contributed by atoms with E-state index in [-0.39, 0.29) is 0 Å². The number of aromatic nitrogens is 3. The monoisotopic (exact) mass is 768 g/mol. The predicted octanol–water partition coefficient (Wildman–Crippen LogP) is 15.4. The van der Waals surface area contributed by atoms with Crippen LogP contribution in [-0.2, 0) is 0 Å². The minimum Gasteiger partial charge on any atom is -0.309 e. The van der Waals surface area contributed by atoms with E-state index in [1.54, 1.807) is 0 Å². The highest BCUT2D eigenvalue weighted by atomic mass is 15.2. The zero-order chi connectivity index (χ0) is 40.2. The van der Waals surface area contributed by atoms with Crippen molar-refractivity contribution in [2.24, 2.45) is 0 Å². The van der Waals surface area contributed by atoms with E-state index in [9.17, 15) is 0 Å². The summed E-state index contributed by atoms with van der Waals surface area (Å²) in [4.78, 5) is 12.7.